The van der Waals surface area contributed by atoms with Crippen molar-refractivity contribution in [2.75, 3.05) is 0 Å². The SMILES string of the molecule is CC(C)[C@@H]1CC[C@@H](C)C[C@H]1NS(=O)(=O)c1cc(Br)c(Br)s1. The van der Waals surface area contributed by atoms with E-state index in [-0.39, 0.29) is 6.04 Å². The van der Waals surface area contributed by atoms with Crippen molar-refractivity contribution in [3.05, 3.63) is 14.3 Å². The highest BCUT2D eigenvalue weighted by molar-refractivity contribution is 9.13. The molecule has 0 bridgehead atoms. The molecule has 1 N–H and O–H groups in total. The molecule has 3 nitrogen and oxygen atoms in total. The molecule has 0 aliphatic heterocycles. The van der Waals surface area contributed by atoms with Crippen LogP contribution >= 0.6 is 43.2 Å². The Kier molecular flexibility index (Phi) is 5.96. The molecule has 1 aliphatic rings. The predicted molar refractivity (Wildman–Crippen MR) is 95.2 cm³/mol. The smallest absolute Gasteiger partial charge is 0.207 e. The molecule has 21 heavy (non-hydrogen) atoms. The van der Waals surface area contributed by atoms with Gasteiger partial charge in [-0.1, -0.05) is 27.2 Å². The molecular weight excluding hydrogens is 438 g/mol. The van der Waals surface area contributed by atoms with Crippen LogP contribution in [0.1, 0.15) is 40.0 Å². The minimum Gasteiger partial charge on any atom is -0.207 e. The molecule has 0 radical (unpaired) electrons. The lowest BCUT2D eigenvalue weighted by Gasteiger charge is -2.37. The van der Waals surface area contributed by atoms with Crippen LogP contribution < -0.4 is 4.72 Å². The molecule has 1 aromatic rings. The van der Waals surface area contributed by atoms with Crippen molar-refractivity contribution >= 4 is 53.2 Å². The molecule has 1 heterocycles. The van der Waals surface area contributed by atoms with Gasteiger partial charge in [-0.15, -0.1) is 11.3 Å². The van der Waals surface area contributed by atoms with Gasteiger partial charge in [0, 0.05) is 10.5 Å². The van der Waals surface area contributed by atoms with E-state index in [2.05, 4.69) is 57.4 Å². The van der Waals surface area contributed by atoms with E-state index in [0.717, 1.165) is 21.1 Å². The monoisotopic (exact) mass is 457 g/mol. The molecule has 2 rings (SSSR count). The zero-order chi connectivity index (χ0) is 15.8. The van der Waals surface area contributed by atoms with Crippen LogP contribution in [0.3, 0.4) is 0 Å². The van der Waals surface area contributed by atoms with Gasteiger partial charge in [0.2, 0.25) is 10.0 Å². The minimum absolute atomic E-state index is 0.0402. The average molecular weight is 459 g/mol. The van der Waals surface area contributed by atoms with E-state index in [1.54, 1.807) is 6.07 Å². The lowest BCUT2D eigenvalue weighted by molar-refractivity contribution is 0.188. The second kappa shape index (κ2) is 6.99. The van der Waals surface area contributed by atoms with Gasteiger partial charge in [0.15, 0.2) is 0 Å². The summed E-state index contributed by atoms with van der Waals surface area (Å²) >= 11 is 7.95. The van der Waals surface area contributed by atoms with Crippen LogP contribution in [0.2, 0.25) is 0 Å². The molecule has 1 aliphatic carbocycles. The minimum atomic E-state index is -3.44. The Morgan fingerprint density at radius 2 is 2.00 bits per heavy atom. The standard InChI is InChI=1S/C14H21Br2NO2S2/c1-8(2)10-5-4-9(3)6-12(10)17-21(18,19)13-7-11(15)14(16)20-13/h7-10,12,17H,4-6H2,1-3H3/t9-,10+,12-/m1/s1. The van der Waals surface area contributed by atoms with E-state index in [1.807, 2.05) is 0 Å². The van der Waals surface area contributed by atoms with Gasteiger partial charge in [-0.25, -0.2) is 13.1 Å². The van der Waals surface area contributed by atoms with Crippen molar-refractivity contribution < 1.29 is 8.42 Å². The van der Waals surface area contributed by atoms with Crippen LogP contribution in [0.5, 0.6) is 0 Å². The van der Waals surface area contributed by atoms with Crippen molar-refractivity contribution in [1.29, 1.82) is 0 Å². The summed E-state index contributed by atoms with van der Waals surface area (Å²) in [6.07, 6.45) is 3.22. The number of hydrogen-bond acceptors (Lipinski definition) is 3. The summed E-state index contributed by atoms with van der Waals surface area (Å²) in [5, 5.41) is 0. The lowest BCUT2D eigenvalue weighted by Crippen LogP contribution is -2.45. The van der Waals surface area contributed by atoms with E-state index in [0.29, 0.717) is 22.0 Å². The molecule has 0 amide bonds. The van der Waals surface area contributed by atoms with Gasteiger partial charge < -0.3 is 0 Å². The molecule has 1 saturated carbocycles. The Balaban J connectivity index is 2.21. The Hall–Kier alpha value is 0.570. The molecule has 0 spiro atoms. The highest BCUT2D eigenvalue weighted by Crippen LogP contribution is 2.37. The zero-order valence-electron chi connectivity index (χ0n) is 12.4. The second-order valence-corrected chi connectivity index (χ2v) is 11.4. The van der Waals surface area contributed by atoms with Crippen LogP contribution in [-0.2, 0) is 10.0 Å². The third kappa shape index (κ3) is 4.31. The first-order valence-corrected chi connectivity index (χ1v) is 11.1. The van der Waals surface area contributed by atoms with Crippen LogP contribution in [0, 0.1) is 17.8 Å². The van der Waals surface area contributed by atoms with Crippen molar-refractivity contribution in [2.24, 2.45) is 17.8 Å². The van der Waals surface area contributed by atoms with Gasteiger partial charge in [0.25, 0.3) is 0 Å². The maximum atomic E-state index is 12.6. The van der Waals surface area contributed by atoms with Crippen molar-refractivity contribution in [3.8, 4) is 0 Å². The van der Waals surface area contributed by atoms with Crippen LogP contribution in [0.25, 0.3) is 0 Å². The van der Waals surface area contributed by atoms with E-state index in [4.69, 9.17) is 0 Å². The van der Waals surface area contributed by atoms with Gasteiger partial charge in [-0.3, -0.25) is 0 Å². The molecule has 0 unspecified atom stereocenters. The fraction of sp³-hybridized carbons (Fsp3) is 0.714. The molecule has 1 fully saturated rings. The number of sulfonamides is 1. The van der Waals surface area contributed by atoms with Gasteiger partial charge in [0.1, 0.15) is 4.21 Å². The van der Waals surface area contributed by atoms with Gasteiger partial charge in [-0.05, 0) is 68.5 Å². The van der Waals surface area contributed by atoms with E-state index < -0.39 is 10.0 Å². The summed E-state index contributed by atoms with van der Waals surface area (Å²) in [4.78, 5) is 0. The Morgan fingerprint density at radius 1 is 1.33 bits per heavy atom. The summed E-state index contributed by atoms with van der Waals surface area (Å²) in [7, 11) is -3.44. The molecule has 7 heteroatoms. The lowest BCUT2D eigenvalue weighted by atomic mass is 9.74. The molecule has 3 atom stereocenters. The second-order valence-electron chi connectivity index (χ2n) is 6.24. The fourth-order valence-corrected chi connectivity index (χ4v) is 7.19. The Morgan fingerprint density at radius 3 is 2.52 bits per heavy atom. The molecule has 120 valence electrons. The average Bonchev–Trinajstić information content (AvgIpc) is 2.69. The fourth-order valence-electron chi connectivity index (χ4n) is 3.05. The van der Waals surface area contributed by atoms with Crippen molar-refractivity contribution in [1.82, 2.24) is 4.72 Å². The number of thiophene rings is 1. The normalized spacial score (nSPS) is 27.2. The summed E-state index contributed by atoms with van der Waals surface area (Å²) in [5.74, 6) is 1.49. The molecule has 1 aromatic heterocycles. The van der Waals surface area contributed by atoms with Crippen LogP contribution in [-0.4, -0.2) is 14.5 Å². The first kappa shape index (κ1) is 17.9. The van der Waals surface area contributed by atoms with E-state index in [1.165, 1.54) is 17.8 Å². The van der Waals surface area contributed by atoms with Gasteiger partial charge in [-0.2, -0.15) is 0 Å². The maximum Gasteiger partial charge on any atom is 0.250 e. The summed E-state index contributed by atoms with van der Waals surface area (Å²) in [5.41, 5.74) is 0. The Bertz CT molecular complexity index is 579. The highest BCUT2D eigenvalue weighted by Gasteiger charge is 2.34. The third-order valence-corrected chi connectivity index (χ3v) is 9.44. The zero-order valence-corrected chi connectivity index (χ0v) is 17.2. The molecule has 0 saturated heterocycles. The number of rotatable bonds is 4. The number of halogens is 2. The molecule has 0 aromatic carbocycles. The Labute approximate surface area is 148 Å². The topological polar surface area (TPSA) is 46.2 Å². The summed E-state index contributed by atoms with van der Waals surface area (Å²) in [6.45, 7) is 6.57. The number of nitrogens with one attached hydrogen (secondary N) is 1. The molecular formula is C14H21Br2NO2S2. The van der Waals surface area contributed by atoms with E-state index in [9.17, 15) is 8.42 Å². The largest absolute Gasteiger partial charge is 0.250 e. The maximum absolute atomic E-state index is 12.6. The van der Waals surface area contributed by atoms with Crippen LogP contribution in [0.15, 0.2) is 18.5 Å². The summed E-state index contributed by atoms with van der Waals surface area (Å²) < 4.78 is 30.1. The number of hydrogen-bond donors (Lipinski definition) is 1. The van der Waals surface area contributed by atoms with Crippen molar-refractivity contribution in [2.45, 2.75) is 50.3 Å². The first-order valence-electron chi connectivity index (χ1n) is 7.18. The summed E-state index contributed by atoms with van der Waals surface area (Å²) in [6, 6.07) is 1.70. The van der Waals surface area contributed by atoms with Gasteiger partial charge in [0.05, 0.1) is 3.79 Å². The third-order valence-electron chi connectivity index (χ3n) is 4.22. The quantitative estimate of drug-likeness (QED) is 0.688. The first-order chi connectivity index (χ1) is 9.70. The van der Waals surface area contributed by atoms with Crippen LogP contribution in [0.4, 0.5) is 0 Å². The van der Waals surface area contributed by atoms with Gasteiger partial charge >= 0.3 is 0 Å². The van der Waals surface area contributed by atoms with Crippen molar-refractivity contribution in [3.63, 3.8) is 0 Å². The predicted octanol–water partition coefficient (Wildman–Crippen LogP) is 5.01. The van der Waals surface area contributed by atoms with E-state index >= 15 is 0 Å². The highest BCUT2D eigenvalue weighted by atomic mass is 79.9.